The number of hydrogen-bond acceptors (Lipinski definition) is 3. The van der Waals surface area contributed by atoms with Crippen LogP contribution in [0.4, 0.5) is 0 Å². The van der Waals surface area contributed by atoms with Crippen LogP contribution in [0, 0.1) is 6.92 Å². The lowest BCUT2D eigenvalue weighted by Crippen LogP contribution is -2.56. The van der Waals surface area contributed by atoms with Crippen molar-refractivity contribution in [1.29, 1.82) is 0 Å². The van der Waals surface area contributed by atoms with E-state index in [4.69, 9.17) is 16.3 Å². The maximum Gasteiger partial charge on any atom is 0.254 e. The molecular formula is C21H20ClN3O2. The third-order valence-corrected chi connectivity index (χ3v) is 5.01. The van der Waals surface area contributed by atoms with Gasteiger partial charge in [-0.1, -0.05) is 35.9 Å². The van der Waals surface area contributed by atoms with Crippen LogP contribution in [-0.2, 0) is 7.05 Å². The number of aromatic nitrogens is 2. The molecule has 0 unspecified atom stereocenters. The fourth-order valence-corrected chi connectivity index (χ4v) is 3.28. The number of likely N-dealkylation sites (tertiary alicyclic amines) is 1. The summed E-state index contributed by atoms with van der Waals surface area (Å²) in [4.78, 5) is 14.6. The predicted molar refractivity (Wildman–Crippen MR) is 105 cm³/mol. The lowest BCUT2D eigenvalue weighted by Gasteiger charge is -2.39. The molecule has 0 atom stereocenters. The Kier molecular flexibility index (Phi) is 4.62. The average Bonchev–Trinajstić information content (AvgIpc) is 2.96. The summed E-state index contributed by atoms with van der Waals surface area (Å²) in [6.45, 7) is 3.21. The molecule has 1 amide bonds. The second kappa shape index (κ2) is 7.08. The van der Waals surface area contributed by atoms with Crippen molar-refractivity contribution in [2.45, 2.75) is 13.0 Å². The summed E-state index contributed by atoms with van der Waals surface area (Å²) < 4.78 is 7.54. The Balaban J connectivity index is 1.41. The van der Waals surface area contributed by atoms with E-state index >= 15 is 0 Å². The molecule has 5 nitrogen and oxygen atoms in total. The lowest BCUT2D eigenvalue weighted by molar-refractivity contribution is 0.0178. The molecular weight excluding hydrogens is 362 g/mol. The zero-order chi connectivity index (χ0) is 19.0. The molecule has 0 saturated carbocycles. The third kappa shape index (κ3) is 3.69. The average molecular weight is 382 g/mol. The van der Waals surface area contributed by atoms with Gasteiger partial charge in [-0.3, -0.25) is 9.48 Å². The number of benzene rings is 2. The topological polar surface area (TPSA) is 47.4 Å². The van der Waals surface area contributed by atoms with E-state index in [-0.39, 0.29) is 12.0 Å². The monoisotopic (exact) mass is 381 g/mol. The highest BCUT2D eigenvalue weighted by Crippen LogP contribution is 2.25. The van der Waals surface area contributed by atoms with E-state index < -0.39 is 0 Å². The SMILES string of the molecule is Cc1cccc(OC2CN(C(=O)c3cccc(-c4cc(Cl)n(C)n4)c3)C2)c1. The largest absolute Gasteiger partial charge is 0.487 e. The van der Waals surface area contributed by atoms with Gasteiger partial charge in [0.1, 0.15) is 17.0 Å². The summed E-state index contributed by atoms with van der Waals surface area (Å²) in [7, 11) is 1.79. The van der Waals surface area contributed by atoms with Crippen LogP contribution in [-0.4, -0.2) is 39.8 Å². The van der Waals surface area contributed by atoms with Crippen LogP contribution in [0.1, 0.15) is 15.9 Å². The zero-order valence-corrected chi connectivity index (χ0v) is 16.0. The van der Waals surface area contributed by atoms with Crippen LogP contribution in [0.2, 0.25) is 5.15 Å². The lowest BCUT2D eigenvalue weighted by atomic mass is 10.0. The minimum Gasteiger partial charge on any atom is -0.487 e. The summed E-state index contributed by atoms with van der Waals surface area (Å²) in [6.07, 6.45) is 0.0357. The van der Waals surface area contributed by atoms with Crippen molar-refractivity contribution in [2.24, 2.45) is 7.05 Å². The molecule has 1 aliphatic heterocycles. The first kappa shape index (κ1) is 17.6. The Morgan fingerprint density at radius 1 is 1.15 bits per heavy atom. The molecule has 2 heterocycles. The summed E-state index contributed by atoms with van der Waals surface area (Å²) in [5, 5.41) is 4.92. The molecule has 1 aliphatic rings. The van der Waals surface area contributed by atoms with Crippen LogP contribution < -0.4 is 4.74 Å². The molecule has 1 saturated heterocycles. The molecule has 3 aromatic rings. The van der Waals surface area contributed by atoms with Crippen molar-refractivity contribution in [1.82, 2.24) is 14.7 Å². The maximum absolute atomic E-state index is 12.8. The second-order valence-electron chi connectivity index (χ2n) is 6.82. The first-order valence-electron chi connectivity index (χ1n) is 8.82. The van der Waals surface area contributed by atoms with Gasteiger partial charge in [0.25, 0.3) is 5.91 Å². The van der Waals surface area contributed by atoms with Crippen LogP contribution in [0.25, 0.3) is 11.3 Å². The Hall–Kier alpha value is -2.79. The minimum atomic E-state index is 0.00275. The number of carbonyl (C=O) groups is 1. The molecule has 4 rings (SSSR count). The van der Waals surface area contributed by atoms with E-state index in [1.54, 1.807) is 22.7 Å². The van der Waals surface area contributed by atoms with E-state index in [0.29, 0.717) is 23.8 Å². The Labute approximate surface area is 163 Å². The highest BCUT2D eigenvalue weighted by Gasteiger charge is 2.33. The van der Waals surface area contributed by atoms with Crippen molar-refractivity contribution < 1.29 is 9.53 Å². The van der Waals surface area contributed by atoms with E-state index in [0.717, 1.165) is 22.6 Å². The Morgan fingerprint density at radius 2 is 1.93 bits per heavy atom. The number of hydrogen-bond donors (Lipinski definition) is 0. The van der Waals surface area contributed by atoms with E-state index in [1.807, 2.05) is 55.5 Å². The van der Waals surface area contributed by atoms with Gasteiger partial charge in [0.05, 0.1) is 18.8 Å². The highest BCUT2D eigenvalue weighted by atomic mass is 35.5. The number of rotatable bonds is 4. The highest BCUT2D eigenvalue weighted by molar-refractivity contribution is 6.29. The zero-order valence-electron chi connectivity index (χ0n) is 15.2. The predicted octanol–water partition coefficient (Wildman–Crippen LogP) is 3.95. The molecule has 138 valence electrons. The molecule has 0 bridgehead atoms. The van der Waals surface area contributed by atoms with Crippen molar-refractivity contribution in [3.63, 3.8) is 0 Å². The van der Waals surface area contributed by atoms with Crippen LogP contribution in [0.5, 0.6) is 5.75 Å². The van der Waals surface area contributed by atoms with Crippen molar-refractivity contribution >= 4 is 17.5 Å². The van der Waals surface area contributed by atoms with Crippen molar-refractivity contribution in [3.8, 4) is 17.0 Å². The van der Waals surface area contributed by atoms with Crippen molar-refractivity contribution in [3.05, 3.63) is 70.9 Å². The standard InChI is InChI=1S/C21H20ClN3O2/c1-14-5-3-8-17(9-14)27-18-12-25(13-18)21(26)16-7-4-6-15(10-16)19-11-20(22)24(2)23-19/h3-11,18H,12-13H2,1-2H3. The Morgan fingerprint density at radius 3 is 2.63 bits per heavy atom. The molecule has 0 spiro atoms. The number of ether oxygens (including phenoxy) is 1. The molecule has 0 radical (unpaired) electrons. The van der Waals surface area contributed by atoms with E-state index in [1.165, 1.54) is 0 Å². The van der Waals surface area contributed by atoms with Gasteiger partial charge in [0.2, 0.25) is 0 Å². The minimum absolute atomic E-state index is 0.00275. The quantitative estimate of drug-likeness (QED) is 0.687. The third-order valence-electron chi connectivity index (χ3n) is 4.66. The van der Waals surface area contributed by atoms with Crippen LogP contribution >= 0.6 is 11.6 Å². The molecule has 27 heavy (non-hydrogen) atoms. The Bertz CT molecular complexity index is 973. The van der Waals surface area contributed by atoms with E-state index in [9.17, 15) is 4.79 Å². The first-order chi connectivity index (χ1) is 13.0. The molecule has 0 aliphatic carbocycles. The smallest absolute Gasteiger partial charge is 0.254 e. The van der Waals surface area contributed by atoms with Crippen LogP contribution in [0.3, 0.4) is 0 Å². The fourth-order valence-electron chi connectivity index (χ4n) is 3.14. The molecule has 1 fully saturated rings. The summed E-state index contributed by atoms with van der Waals surface area (Å²) >= 11 is 6.07. The number of carbonyl (C=O) groups excluding carboxylic acids is 1. The molecule has 1 aromatic heterocycles. The molecule has 2 aromatic carbocycles. The van der Waals surface area contributed by atoms with Gasteiger partial charge in [-0.25, -0.2) is 0 Å². The normalized spacial score (nSPS) is 14.1. The number of nitrogens with zero attached hydrogens (tertiary/aromatic N) is 3. The summed E-state index contributed by atoms with van der Waals surface area (Å²) in [6, 6.07) is 17.2. The maximum atomic E-state index is 12.8. The van der Waals surface area contributed by atoms with Gasteiger partial charge >= 0.3 is 0 Å². The van der Waals surface area contributed by atoms with Gasteiger partial charge < -0.3 is 9.64 Å². The van der Waals surface area contributed by atoms with Crippen molar-refractivity contribution in [2.75, 3.05) is 13.1 Å². The fraction of sp³-hybridized carbons (Fsp3) is 0.238. The number of amides is 1. The molecule has 0 N–H and O–H groups in total. The van der Waals surface area contributed by atoms with E-state index in [2.05, 4.69) is 5.10 Å². The van der Waals surface area contributed by atoms with Crippen LogP contribution in [0.15, 0.2) is 54.6 Å². The van der Waals surface area contributed by atoms with Gasteiger partial charge in [0, 0.05) is 24.2 Å². The van der Waals surface area contributed by atoms with Gasteiger partial charge in [-0.2, -0.15) is 5.10 Å². The molecule has 6 heteroatoms. The second-order valence-corrected chi connectivity index (χ2v) is 7.21. The van der Waals surface area contributed by atoms with Gasteiger partial charge in [-0.05, 0) is 36.8 Å². The van der Waals surface area contributed by atoms with Gasteiger partial charge in [0.15, 0.2) is 0 Å². The number of aryl methyl sites for hydroxylation is 2. The number of halogens is 1. The first-order valence-corrected chi connectivity index (χ1v) is 9.20. The summed E-state index contributed by atoms with van der Waals surface area (Å²) in [5.74, 6) is 0.851. The van der Waals surface area contributed by atoms with Gasteiger partial charge in [-0.15, -0.1) is 0 Å². The summed E-state index contributed by atoms with van der Waals surface area (Å²) in [5.41, 5.74) is 3.42.